The van der Waals surface area contributed by atoms with Crippen molar-refractivity contribution in [1.29, 1.82) is 0 Å². The molecule has 1 fully saturated rings. The van der Waals surface area contributed by atoms with Crippen molar-refractivity contribution in [3.8, 4) is 0 Å². The van der Waals surface area contributed by atoms with Gasteiger partial charge in [0.2, 0.25) is 0 Å². The predicted octanol–water partition coefficient (Wildman–Crippen LogP) is 2.39. The average molecular weight is 238 g/mol. The number of alkyl halides is 3. The van der Waals surface area contributed by atoms with E-state index in [0.717, 1.165) is 19.3 Å². The molecular weight excluding hydrogens is 217 g/mol. The molecule has 0 spiro atoms. The molecule has 1 rings (SSSR count). The maximum absolute atomic E-state index is 12.0. The lowest BCUT2D eigenvalue weighted by molar-refractivity contribution is -0.137. The van der Waals surface area contributed by atoms with Crippen LogP contribution in [0, 0.1) is 5.41 Å². The molecule has 1 saturated carbocycles. The summed E-state index contributed by atoms with van der Waals surface area (Å²) in [6, 6.07) is 0. The summed E-state index contributed by atoms with van der Waals surface area (Å²) in [6.45, 7) is 1.47. The lowest BCUT2D eigenvalue weighted by Crippen LogP contribution is -2.40. The van der Waals surface area contributed by atoms with Gasteiger partial charge in [0.05, 0.1) is 6.42 Å². The molecule has 5 heteroatoms. The Morgan fingerprint density at radius 3 is 2.25 bits per heavy atom. The maximum Gasteiger partial charge on any atom is 0.390 e. The van der Waals surface area contributed by atoms with Gasteiger partial charge >= 0.3 is 6.18 Å². The number of hydrogen-bond donors (Lipinski definition) is 1. The molecule has 0 atom stereocenters. The van der Waals surface area contributed by atoms with Crippen LogP contribution in [-0.2, 0) is 0 Å². The van der Waals surface area contributed by atoms with E-state index in [1.165, 1.54) is 6.42 Å². The van der Waals surface area contributed by atoms with Crippen LogP contribution in [0.5, 0.6) is 0 Å². The second-order valence-corrected chi connectivity index (χ2v) is 4.98. The number of hydrogen-bond acceptors (Lipinski definition) is 2. The molecule has 0 radical (unpaired) electrons. The van der Waals surface area contributed by atoms with Crippen molar-refractivity contribution in [2.75, 3.05) is 26.7 Å². The molecule has 1 aliphatic carbocycles. The fraction of sp³-hybridized carbons (Fsp3) is 1.00. The fourth-order valence-corrected chi connectivity index (χ4v) is 2.09. The highest BCUT2D eigenvalue weighted by molar-refractivity contribution is 4.89. The number of nitrogens with two attached hydrogens (primary N) is 1. The van der Waals surface area contributed by atoms with Crippen LogP contribution < -0.4 is 5.73 Å². The van der Waals surface area contributed by atoms with Gasteiger partial charge in [-0.15, -0.1) is 0 Å². The summed E-state index contributed by atoms with van der Waals surface area (Å²) in [5.74, 6) is 0. The number of rotatable bonds is 6. The maximum atomic E-state index is 12.0. The summed E-state index contributed by atoms with van der Waals surface area (Å²) in [5, 5.41) is 0. The first-order valence-electron chi connectivity index (χ1n) is 5.82. The molecule has 0 aromatic carbocycles. The molecule has 0 bridgehead atoms. The molecule has 0 heterocycles. The first-order chi connectivity index (χ1) is 7.37. The third-order valence-electron chi connectivity index (χ3n) is 3.65. The zero-order chi connectivity index (χ0) is 12.2. The summed E-state index contributed by atoms with van der Waals surface area (Å²) in [7, 11) is 1.74. The van der Waals surface area contributed by atoms with Gasteiger partial charge in [-0.2, -0.15) is 13.2 Å². The molecule has 2 nitrogen and oxygen atoms in total. The Balaban J connectivity index is 2.17. The highest BCUT2D eigenvalue weighted by Crippen LogP contribution is 2.42. The molecule has 0 aliphatic heterocycles. The summed E-state index contributed by atoms with van der Waals surface area (Å²) >= 11 is 0. The molecule has 0 saturated heterocycles. The van der Waals surface area contributed by atoms with Gasteiger partial charge in [0.15, 0.2) is 0 Å². The van der Waals surface area contributed by atoms with Crippen LogP contribution in [0.2, 0.25) is 0 Å². The monoisotopic (exact) mass is 238 g/mol. The van der Waals surface area contributed by atoms with Gasteiger partial charge in [0.25, 0.3) is 0 Å². The van der Waals surface area contributed by atoms with Crippen LogP contribution in [-0.4, -0.2) is 37.8 Å². The minimum atomic E-state index is -4.05. The smallest absolute Gasteiger partial charge is 0.330 e. The van der Waals surface area contributed by atoms with E-state index in [0.29, 0.717) is 13.1 Å². The van der Waals surface area contributed by atoms with Crippen molar-refractivity contribution in [2.24, 2.45) is 11.1 Å². The summed E-state index contributed by atoms with van der Waals surface area (Å²) in [4.78, 5) is 1.75. The zero-order valence-corrected chi connectivity index (χ0v) is 9.82. The van der Waals surface area contributed by atoms with Crippen molar-refractivity contribution >= 4 is 0 Å². The van der Waals surface area contributed by atoms with Crippen LogP contribution in [0.25, 0.3) is 0 Å². The average Bonchev–Trinajstić information content (AvgIpc) is 2.13. The minimum Gasteiger partial charge on any atom is -0.330 e. The quantitative estimate of drug-likeness (QED) is 0.770. The summed E-state index contributed by atoms with van der Waals surface area (Å²) < 4.78 is 36.0. The van der Waals surface area contributed by atoms with Crippen LogP contribution in [0.4, 0.5) is 13.2 Å². The molecule has 96 valence electrons. The number of halogens is 3. The lowest BCUT2D eigenvalue weighted by atomic mass is 9.66. The molecular formula is C11H21F3N2. The Hall–Kier alpha value is -0.290. The first kappa shape index (κ1) is 13.8. The number of nitrogens with zero attached hydrogens (tertiary/aromatic N) is 1. The highest BCUT2D eigenvalue weighted by atomic mass is 19.4. The van der Waals surface area contributed by atoms with Crippen LogP contribution >= 0.6 is 0 Å². The largest absolute Gasteiger partial charge is 0.390 e. The normalized spacial score (nSPS) is 19.9. The van der Waals surface area contributed by atoms with E-state index in [-0.39, 0.29) is 12.0 Å². The molecule has 0 aromatic heterocycles. The molecule has 0 amide bonds. The summed E-state index contributed by atoms with van der Waals surface area (Å²) in [5.41, 5.74) is 5.93. The molecule has 1 aliphatic rings. The second kappa shape index (κ2) is 5.36. The van der Waals surface area contributed by atoms with Gasteiger partial charge in [-0.1, -0.05) is 6.42 Å². The Morgan fingerprint density at radius 1 is 1.25 bits per heavy atom. The van der Waals surface area contributed by atoms with Crippen LogP contribution in [0.3, 0.4) is 0 Å². The highest BCUT2D eigenvalue weighted by Gasteiger charge is 2.35. The van der Waals surface area contributed by atoms with E-state index in [2.05, 4.69) is 0 Å². The van der Waals surface area contributed by atoms with Gasteiger partial charge in [-0.25, -0.2) is 0 Å². The third kappa shape index (κ3) is 4.29. The third-order valence-corrected chi connectivity index (χ3v) is 3.65. The zero-order valence-electron chi connectivity index (χ0n) is 9.82. The van der Waals surface area contributed by atoms with E-state index in [1.807, 2.05) is 0 Å². The van der Waals surface area contributed by atoms with E-state index < -0.39 is 12.6 Å². The van der Waals surface area contributed by atoms with Crippen molar-refractivity contribution < 1.29 is 13.2 Å². The van der Waals surface area contributed by atoms with E-state index in [4.69, 9.17) is 5.73 Å². The van der Waals surface area contributed by atoms with Gasteiger partial charge in [-0.05, 0) is 44.8 Å². The van der Waals surface area contributed by atoms with Crippen molar-refractivity contribution in [2.45, 2.75) is 38.3 Å². The first-order valence-corrected chi connectivity index (χ1v) is 5.82. The Morgan fingerprint density at radius 2 is 1.88 bits per heavy atom. The molecule has 16 heavy (non-hydrogen) atoms. The van der Waals surface area contributed by atoms with E-state index >= 15 is 0 Å². The van der Waals surface area contributed by atoms with Gasteiger partial charge in [-0.3, -0.25) is 0 Å². The van der Waals surface area contributed by atoms with Crippen molar-refractivity contribution in [1.82, 2.24) is 4.90 Å². The van der Waals surface area contributed by atoms with Crippen molar-refractivity contribution in [3.63, 3.8) is 0 Å². The standard InChI is InChI=1S/C11H21F3N2/c1-16(8-6-11(12,13)14)7-5-10(9-15)3-2-4-10/h2-9,15H2,1H3. The Bertz CT molecular complexity index is 206. The van der Waals surface area contributed by atoms with Crippen LogP contribution in [0.1, 0.15) is 32.1 Å². The lowest BCUT2D eigenvalue weighted by Gasteiger charge is -2.42. The van der Waals surface area contributed by atoms with Crippen molar-refractivity contribution in [3.05, 3.63) is 0 Å². The SMILES string of the molecule is CN(CCC(F)(F)F)CCC1(CN)CCC1. The predicted molar refractivity (Wildman–Crippen MR) is 58.1 cm³/mol. The van der Waals surface area contributed by atoms with Gasteiger partial charge in [0, 0.05) is 6.54 Å². The van der Waals surface area contributed by atoms with Crippen LogP contribution in [0.15, 0.2) is 0 Å². The second-order valence-electron chi connectivity index (χ2n) is 4.98. The van der Waals surface area contributed by atoms with Gasteiger partial charge < -0.3 is 10.6 Å². The van der Waals surface area contributed by atoms with E-state index in [1.54, 1.807) is 11.9 Å². The minimum absolute atomic E-state index is 0.0875. The molecule has 0 aromatic rings. The Kier molecular flexibility index (Phi) is 4.62. The van der Waals surface area contributed by atoms with Gasteiger partial charge in [0.1, 0.15) is 0 Å². The molecule has 0 unspecified atom stereocenters. The topological polar surface area (TPSA) is 29.3 Å². The summed E-state index contributed by atoms with van der Waals surface area (Å²) in [6.07, 6.45) is -0.357. The molecule has 2 N–H and O–H groups in total. The van der Waals surface area contributed by atoms with E-state index in [9.17, 15) is 13.2 Å². The Labute approximate surface area is 95.0 Å². The fourth-order valence-electron chi connectivity index (χ4n) is 2.09.